The Kier molecular flexibility index (Phi) is 3.50. The van der Waals surface area contributed by atoms with Gasteiger partial charge >= 0.3 is 5.97 Å². The van der Waals surface area contributed by atoms with Crippen molar-refractivity contribution in [2.75, 3.05) is 5.32 Å². The first-order chi connectivity index (χ1) is 8.99. The maximum atomic E-state index is 11.2. The zero-order chi connectivity index (χ0) is 14.0. The van der Waals surface area contributed by atoms with Crippen molar-refractivity contribution in [3.8, 4) is 0 Å². The van der Waals surface area contributed by atoms with Gasteiger partial charge in [0.1, 0.15) is 23.2 Å². The standard InChI is InChI=1S/C13H15N3O3/c1-7-4-5-14-11(10(7)13(17)18)16-9(3)12-15-6-8(2)19-12/h4-6,9H,1-3H3,(H,14,16)(H,17,18). The predicted molar refractivity (Wildman–Crippen MR) is 69.2 cm³/mol. The molecule has 2 heterocycles. The van der Waals surface area contributed by atoms with Crippen LogP contribution in [0.2, 0.25) is 0 Å². The highest BCUT2D eigenvalue weighted by Gasteiger charge is 2.18. The van der Waals surface area contributed by atoms with Gasteiger partial charge in [-0.25, -0.2) is 14.8 Å². The number of pyridine rings is 1. The van der Waals surface area contributed by atoms with Gasteiger partial charge < -0.3 is 14.8 Å². The molecule has 0 bridgehead atoms. The largest absolute Gasteiger partial charge is 0.478 e. The van der Waals surface area contributed by atoms with Gasteiger partial charge in [-0.3, -0.25) is 0 Å². The molecule has 6 heteroatoms. The van der Waals surface area contributed by atoms with E-state index in [1.165, 1.54) is 0 Å². The van der Waals surface area contributed by atoms with Crippen molar-refractivity contribution in [3.05, 3.63) is 41.2 Å². The number of aromatic nitrogens is 2. The number of carboxylic acid groups (broad SMARTS) is 1. The molecule has 2 aromatic heterocycles. The lowest BCUT2D eigenvalue weighted by molar-refractivity contribution is 0.0696. The Morgan fingerprint density at radius 1 is 1.42 bits per heavy atom. The summed E-state index contributed by atoms with van der Waals surface area (Å²) in [6.07, 6.45) is 3.19. The number of aromatic carboxylic acids is 1. The van der Waals surface area contributed by atoms with Crippen molar-refractivity contribution in [3.63, 3.8) is 0 Å². The highest BCUT2D eigenvalue weighted by Crippen LogP contribution is 2.22. The zero-order valence-corrected chi connectivity index (χ0v) is 11.0. The minimum absolute atomic E-state index is 0.164. The second-order valence-electron chi connectivity index (χ2n) is 4.33. The van der Waals surface area contributed by atoms with E-state index in [1.807, 2.05) is 6.92 Å². The van der Waals surface area contributed by atoms with E-state index in [-0.39, 0.29) is 11.6 Å². The lowest BCUT2D eigenvalue weighted by Crippen LogP contribution is -2.13. The first kappa shape index (κ1) is 13.1. The quantitative estimate of drug-likeness (QED) is 0.879. The van der Waals surface area contributed by atoms with Crippen LogP contribution in [-0.4, -0.2) is 21.0 Å². The summed E-state index contributed by atoms with van der Waals surface area (Å²) in [5.41, 5.74) is 0.818. The number of hydrogen-bond donors (Lipinski definition) is 2. The Labute approximate surface area is 110 Å². The van der Waals surface area contributed by atoms with Gasteiger partial charge in [-0.05, 0) is 32.4 Å². The van der Waals surface area contributed by atoms with Gasteiger partial charge in [-0.2, -0.15) is 0 Å². The molecule has 1 unspecified atom stereocenters. The van der Waals surface area contributed by atoms with Crippen LogP contribution in [0.5, 0.6) is 0 Å². The summed E-state index contributed by atoms with van der Waals surface area (Å²) in [6.45, 7) is 5.37. The fourth-order valence-electron chi connectivity index (χ4n) is 1.78. The number of rotatable bonds is 4. The Morgan fingerprint density at radius 2 is 2.16 bits per heavy atom. The number of nitrogens with one attached hydrogen (secondary N) is 1. The van der Waals surface area contributed by atoms with Crippen LogP contribution in [0.15, 0.2) is 22.9 Å². The number of oxazole rings is 1. The van der Waals surface area contributed by atoms with Crippen LogP contribution in [-0.2, 0) is 0 Å². The lowest BCUT2D eigenvalue weighted by Gasteiger charge is -2.14. The van der Waals surface area contributed by atoms with E-state index in [1.54, 1.807) is 32.3 Å². The van der Waals surface area contributed by atoms with Gasteiger partial charge in [0, 0.05) is 6.20 Å². The third-order valence-electron chi connectivity index (χ3n) is 2.74. The van der Waals surface area contributed by atoms with Crippen molar-refractivity contribution < 1.29 is 14.3 Å². The van der Waals surface area contributed by atoms with E-state index in [2.05, 4.69) is 15.3 Å². The van der Waals surface area contributed by atoms with Gasteiger partial charge in [0.2, 0.25) is 5.89 Å². The molecule has 0 amide bonds. The number of nitrogens with zero attached hydrogens (tertiary/aromatic N) is 2. The molecule has 1 atom stereocenters. The van der Waals surface area contributed by atoms with E-state index in [0.717, 1.165) is 0 Å². The fourth-order valence-corrected chi connectivity index (χ4v) is 1.78. The molecule has 0 aromatic carbocycles. The molecule has 0 aliphatic heterocycles. The monoisotopic (exact) mass is 261 g/mol. The molecule has 2 aromatic rings. The summed E-state index contributed by atoms with van der Waals surface area (Å²) in [6, 6.07) is 1.40. The highest BCUT2D eigenvalue weighted by molar-refractivity contribution is 5.94. The van der Waals surface area contributed by atoms with Gasteiger partial charge in [0.25, 0.3) is 0 Å². The van der Waals surface area contributed by atoms with Crippen LogP contribution in [0, 0.1) is 13.8 Å². The summed E-state index contributed by atoms with van der Waals surface area (Å²) < 4.78 is 5.40. The second-order valence-corrected chi connectivity index (χ2v) is 4.33. The molecule has 6 nitrogen and oxygen atoms in total. The predicted octanol–water partition coefficient (Wildman–Crippen LogP) is 2.56. The maximum Gasteiger partial charge on any atom is 0.339 e. The van der Waals surface area contributed by atoms with Crippen molar-refractivity contribution >= 4 is 11.8 Å². The lowest BCUT2D eigenvalue weighted by atomic mass is 10.1. The molecule has 2 N–H and O–H groups in total. The van der Waals surface area contributed by atoms with Crippen molar-refractivity contribution in [2.45, 2.75) is 26.8 Å². The summed E-state index contributed by atoms with van der Waals surface area (Å²) in [5.74, 6) is 0.510. The summed E-state index contributed by atoms with van der Waals surface area (Å²) in [7, 11) is 0. The van der Waals surface area contributed by atoms with Crippen LogP contribution >= 0.6 is 0 Å². The number of carbonyl (C=O) groups is 1. The number of hydrogen-bond acceptors (Lipinski definition) is 5. The summed E-state index contributed by atoms with van der Waals surface area (Å²) >= 11 is 0. The topological polar surface area (TPSA) is 88.2 Å². The molecular weight excluding hydrogens is 246 g/mol. The Balaban J connectivity index is 2.28. The van der Waals surface area contributed by atoms with Gasteiger partial charge in [-0.1, -0.05) is 0 Å². The van der Waals surface area contributed by atoms with Gasteiger partial charge in [0.15, 0.2) is 0 Å². The molecule has 0 aliphatic rings. The van der Waals surface area contributed by atoms with Crippen LogP contribution in [0.25, 0.3) is 0 Å². The van der Waals surface area contributed by atoms with Crippen molar-refractivity contribution in [2.24, 2.45) is 0 Å². The number of carboxylic acids is 1. The van der Waals surface area contributed by atoms with Crippen LogP contribution in [0.1, 0.15) is 40.5 Å². The maximum absolute atomic E-state index is 11.2. The molecule has 100 valence electrons. The third kappa shape index (κ3) is 2.73. The normalized spacial score (nSPS) is 12.2. The molecule has 0 fully saturated rings. The molecule has 0 saturated carbocycles. The van der Waals surface area contributed by atoms with Crippen LogP contribution in [0.4, 0.5) is 5.82 Å². The molecule has 0 aliphatic carbocycles. The molecule has 0 saturated heterocycles. The smallest absolute Gasteiger partial charge is 0.339 e. The van der Waals surface area contributed by atoms with Crippen LogP contribution < -0.4 is 5.32 Å². The molecule has 0 radical (unpaired) electrons. The van der Waals surface area contributed by atoms with Gasteiger partial charge in [-0.15, -0.1) is 0 Å². The van der Waals surface area contributed by atoms with Crippen LogP contribution in [0.3, 0.4) is 0 Å². The summed E-state index contributed by atoms with van der Waals surface area (Å²) in [5, 5.41) is 12.2. The minimum atomic E-state index is -1.01. The summed E-state index contributed by atoms with van der Waals surface area (Å²) in [4.78, 5) is 19.4. The zero-order valence-electron chi connectivity index (χ0n) is 11.0. The van der Waals surface area contributed by atoms with Crippen molar-refractivity contribution in [1.29, 1.82) is 0 Å². The molecular formula is C13H15N3O3. The number of anilines is 1. The van der Waals surface area contributed by atoms with Crippen molar-refractivity contribution in [1.82, 2.24) is 9.97 Å². The average molecular weight is 261 g/mol. The molecule has 0 spiro atoms. The van der Waals surface area contributed by atoms with E-state index in [4.69, 9.17) is 4.42 Å². The Bertz CT molecular complexity index is 607. The first-order valence-corrected chi connectivity index (χ1v) is 5.86. The third-order valence-corrected chi connectivity index (χ3v) is 2.74. The Morgan fingerprint density at radius 3 is 2.74 bits per heavy atom. The van der Waals surface area contributed by atoms with E-state index in [9.17, 15) is 9.90 Å². The van der Waals surface area contributed by atoms with E-state index >= 15 is 0 Å². The van der Waals surface area contributed by atoms with E-state index in [0.29, 0.717) is 23.0 Å². The Hall–Kier alpha value is -2.37. The first-order valence-electron chi connectivity index (χ1n) is 5.86. The fraction of sp³-hybridized carbons (Fsp3) is 0.308. The van der Waals surface area contributed by atoms with E-state index < -0.39 is 5.97 Å². The SMILES string of the molecule is Cc1cnc(C(C)Nc2nccc(C)c2C(=O)O)o1. The number of aryl methyl sites for hydroxylation is 2. The molecule has 2 rings (SSSR count). The second kappa shape index (κ2) is 5.09. The van der Waals surface area contributed by atoms with Gasteiger partial charge in [0.05, 0.1) is 6.20 Å². The molecule has 19 heavy (non-hydrogen) atoms. The highest BCUT2D eigenvalue weighted by atomic mass is 16.4. The average Bonchev–Trinajstić information content (AvgIpc) is 2.75. The minimum Gasteiger partial charge on any atom is -0.478 e.